The molecule has 1 aromatic carbocycles. The fourth-order valence-corrected chi connectivity index (χ4v) is 4.31. The molecular weight excluding hydrogens is 359 g/mol. The molecule has 1 aromatic rings. The average molecular weight is 378 g/mol. The van der Waals surface area contributed by atoms with E-state index in [1.807, 2.05) is 0 Å². The van der Waals surface area contributed by atoms with Gasteiger partial charge in [-0.15, -0.1) is 0 Å². The Labute approximate surface area is 149 Å². The molecule has 3 nitrogen and oxygen atoms in total. The summed E-state index contributed by atoms with van der Waals surface area (Å²) in [6.45, 7) is 0.590. The summed E-state index contributed by atoms with van der Waals surface area (Å²) in [6.07, 6.45) is 1.47. The number of halogens is 4. The third kappa shape index (κ3) is 3.62. The number of rotatable bonds is 3. The first-order chi connectivity index (χ1) is 11.3. The number of nitrogens with zero attached hydrogens (tertiary/aromatic N) is 1. The van der Waals surface area contributed by atoms with Crippen LogP contribution in [-0.2, 0) is 11.2 Å². The van der Waals surface area contributed by atoms with Crippen LogP contribution in [0.25, 0.3) is 0 Å². The van der Waals surface area contributed by atoms with Crippen LogP contribution >= 0.6 is 23.2 Å². The molecule has 1 atom stereocenters. The van der Waals surface area contributed by atoms with Gasteiger partial charge in [0.2, 0.25) is 11.8 Å². The Morgan fingerprint density at radius 2 is 1.75 bits per heavy atom. The molecule has 0 aromatic heterocycles. The van der Waals surface area contributed by atoms with Crippen LogP contribution in [0.15, 0.2) is 12.1 Å². The van der Waals surface area contributed by atoms with Crippen molar-refractivity contribution in [3.8, 4) is 5.75 Å². The second kappa shape index (κ2) is 6.68. The second-order valence-electron chi connectivity index (χ2n) is 6.70. The van der Waals surface area contributed by atoms with Crippen LogP contribution in [0.1, 0.15) is 37.7 Å². The molecule has 2 aliphatic rings. The maximum Gasteiger partial charge on any atom is 0.248 e. The van der Waals surface area contributed by atoms with Gasteiger partial charge in [-0.25, -0.2) is 8.78 Å². The third-order valence-corrected chi connectivity index (χ3v) is 5.73. The van der Waals surface area contributed by atoms with Crippen molar-refractivity contribution in [2.24, 2.45) is 5.92 Å². The molecule has 2 fully saturated rings. The van der Waals surface area contributed by atoms with Gasteiger partial charge in [-0.3, -0.25) is 4.79 Å². The lowest BCUT2D eigenvalue weighted by atomic mass is 9.91. The SMILES string of the molecule is O=C1C(Cc2c(Cl)cc(O)cc2Cl)CCN1C1CCC(F)(F)CC1. The quantitative estimate of drug-likeness (QED) is 0.831. The van der Waals surface area contributed by atoms with Crippen LogP contribution in [-0.4, -0.2) is 34.4 Å². The average Bonchev–Trinajstić information content (AvgIpc) is 2.84. The van der Waals surface area contributed by atoms with Crippen molar-refractivity contribution >= 4 is 29.1 Å². The number of phenolic OH excluding ortho intramolecular Hbond substituents is 1. The molecule has 7 heteroatoms. The number of phenols is 1. The second-order valence-corrected chi connectivity index (χ2v) is 7.51. The number of aromatic hydroxyl groups is 1. The molecule has 0 radical (unpaired) electrons. The van der Waals surface area contributed by atoms with Gasteiger partial charge in [-0.05, 0) is 43.4 Å². The summed E-state index contributed by atoms with van der Waals surface area (Å²) in [7, 11) is 0. The fourth-order valence-electron chi connectivity index (χ4n) is 3.68. The Kier molecular flexibility index (Phi) is 4.94. The Morgan fingerprint density at radius 3 is 2.33 bits per heavy atom. The Hall–Kier alpha value is -1.07. The zero-order valence-corrected chi connectivity index (χ0v) is 14.6. The van der Waals surface area contributed by atoms with Crippen molar-refractivity contribution in [1.82, 2.24) is 4.90 Å². The highest BCUT2D eigenvalue weighted by atomic mass is 35.5. The Morgan fingerprint density at radius 1 is 1.17 bits per heavy atom. The van der Waals surface area contributed by atoms with E-state index in [2.05, 4.69) is 0 Å². The maximum atomic E-state index is 13.3. The predicted octanol–water partition coefficient (Wildman–Crippen LogP) is 4.67. The maximum absolute atomic E-state index is 13.3. The topological polar surface area (TPSA) is 40.5 Å². The van der Waals surface area contributed by atoms with Gasteiger partial charge in [0, 0.05) is 41.4 Å². The number of hydrogen-bond acceptors (Lipinski definition) is 2. The molecule has 0 bridgehead atoms. The lowest BCUT2D eigenvalue weighted by molar-refractivity contribution is -0.135. The summed E-state index contributed by atoms with van der Waals surface area (Å²) in [5, 5.41) is 10.2. The van der Waals surface area contributed by atoms with E-state index in [1.54, 1.807) is 4.90 Å². The van der Waals surface area contributed by atoms with E-state index in [4.69, 9.17) is 23.2 Å². The van der Waals surface area contributed by atoms with Crippen molar-refractivity contribution in [3.05, 3.63) is 27.7 Å². The molecule has 1 amide bonds. The number of likely N-dealkylation sites (tertiary alicyclic amines) is 1. The van der Waals surface area contributed by atoms with Gasteiger partial charge >= 0.3 is 0 Å². The molecular formula is C17H19Cl2F2NO2. The standard InChI is InChI=1S/C17H19Cl2F2NO2/c18-14-8-12(23)9-15(19)13(14)7-10-3-6-22(16(10)24)11-1-4-17(20,21)5-2-11/h8-11,23H,1-7H2. The number of alkyl halides is 2. The van der Waals surface area contributed by atoms with E-state index in [0.717, 1.165) is 0 Å². The van der Waals surface area contributed by atoms with Crippen molar-refractivity contribution < 1.29 is 18.7 Å². The highest BCUT2D eigenvalue weighted by molar-refractivity contribution is 6.36. The van der Waals surface area contributed by atoms with Crippen LogP contribution in [0.2, 0.25) is 10.0 Å². The van der Waals surface area contributed by atoms with Crippen molar-refractivity contribution in [2.45, 2.75) is 50.5 Å². The van der Waals surface area contributed by atoms with E-state index >= 15 is 0 Å². The van der Waals surface area contributed by atoms with Crippen molar-refractivity contribution in [3.63, 3.8) is 0 Å². The fraction of sp³-hybridized carbons (Fsp3) is 0.588. The molecule has 1 unspecified atom stereocenters. The third-order valence-electron chi connectivity index (χ3n) is 5.05. The highest BCUT2D eigenvalue weighted by Gasteiger charge is 2.42. The summed E-state index contributed by atoms with van der Waals surface area (Å²) in [5.41, 5.74) is 0.645. The van der Waals surface area contributed by atoms with Crippen LogP contribution in [0, 0.1) is 5.92 Å². The minimum atomic E-state index is -2.59. The number of carbonyl (C=O) groups excluding carboxylic acids is 1. The van der Waals surface area contributed by atoms with E-state index < -0.39 is 5.92 Å². The summed E-state index contributed by atoms with van der Waals surface area (Å²) < 4.78 is 26.6. The van der Waals surface area contributed by atoms with Crippen molar-refractivity contribution in [2.75, 3.05) is 6.54 Å². The first kappa shape index (κ1) is 17.7. The molecule has 1 saturated heterocycles. The summed E-state index contributed by atoms with van der Waals surface area (Å²) in [4.78, 5) is 14.4. The molecule has 1 heterocycles. The molecule has 132 valence electrons. The smallest absolute Gasteiger partial charge is 0.248 e. The lowest BCUT2D eigenvalue weighted by Gasteiger charge is -2.34. The zero-order chi connectivity index (χ0) is 17.5. The number of carbonyl (C=O) groups is 1. The largest absolute Gasteiger partial charge is 0.508 e. The van der Waals surface area contributed by atoms with Gasteiger partial charge in [0.1, 0.15) is 5.75 Å². The van der Waals surface area contributed by atoms with Gasteiger partial charge in [0.15, 0.2) is 0 Å². The first-order valence-electron chi connectivity index (χ1n) is 8.12. The first-order valence-corrected chi connectivity index (χ1v) is 8.87. The molecule has 1 saturated carbocycles. The molecule has 0 spiro atoms. The monoisotopic (exact) mass is 377 g/mol. The highest BCUT2D eigenvalue weighted by Crippen LogP contribution is 2.38. The normalized spacial score (nSPS) is 24.6. The molecule has 1 aliphatic heterocycles. The van der Waals surface area contributed by atoms with Gasteiger partial charge in [-0.2, -0.15) is 0 Å². The Bertz CT molecular complexity index is 620. The minimum absolute atomic E-state index is 0.00887. The lowest BCUT2D eigenvalue weighted by Crippen LogP contribution is -2.42. The van der Waals surface area contributed by atoms with Crippen LogP contribution in [0.4, 0.5) is 8.78 Å². The molecule has 1 aliphatic carbocycles. The van der Waals surface area contributed by atoms with Crippen LogP contribution in [0.5, 0.6) is 5.75 Å². The van der Waals surface area contributed by atoms with Gasteiger partial charge in [0.25, 0.3) is 0 Å². The Balaban J connectivity index is 1.67. The van der Waals surface area contributed by atoms with Gasteiger partial charge < -0.3 is 10.0 Å². The van der Waals surface area contributed by atoms with Crippen LogP contribution < -0.4 is 0 Å². The molecule has 24 heavy (non-hydrogen) atoms. The predicted molar refractivity (Wildman–Crippen MR) is 88.9 cm³/mol. The number of hydrogen-bond donors (Lipinski definition) is 1. The number of benzene rings is 1. The van der Waals surface area contributed by atoms with E-state index in [-0.39, 0.29) is 36.5 Å². The summed E-state index contributed by atoms with van der Waals surface area (Å²) in [5.74, 6) is -2.86. The van der Waals surface area contributed by atoms with Gasteiger partial charge in [-0.1, -0.05) is 23.2 Å². The molecule has 1 N–H and O–H groups in total. The van der Waals surface area contributed by atoms with Crippen molar-refractivity contribution in [1.29, 1.82) is 0 Å². The zero-order valence-electron chi connectivity index (χ0n) is 13.1. The van der Waals surface area contributed by atoms with Gasteiger partial charge in [0.05, 0.1) is 0 Å². The van der Waals surface area contributed by atoms with E-state index in [1.165, 1.54) is 12.1 Å². The summed E-state index contributed by atoms with van der Waals surface area (Å²) >= 11 is 12.2. The molecule has 3 rings (SSSR count). The van der Waals surface area contributed by atoms with E-state index in [9.17, 15) is 18.7 Å². The summed E-state index contributed by atoms with van der Waals surface area (Å²) in [6, 6.07) is 2.72. The number of amides is 1. The minimum Gasteiger partial charge on any atom is -0.508 e. The van der Waals surface area contributed by atoms with E-state index in [0.29, 0.717) is 47.8 Å². The van der Waals surface area contributed by atoms with Crippen LogP contribution in [0.3, 0.4) is 0 Å².